The maximum Gasteiger partial charge on any atom is 0.272 e. The van der Waals surface area contributed by atoms with Gasteiger partial charge in [0, 0.05) is 16.5 Å². The number of H-pyrrole nitrogens is 1. The first-order valence-corrected chi connectivity index (χ1v) is 9.01. The molecule has 1 amide bonds. The summed E-state index contributed by atoms with van der Waals surface area (Å²) in [5.41, 5.74) is 1.12. The summed E-state index contributed by atoms with van der Waals surface area (Å²) in [6, 6.07) is 16.3. The summed E-state index contributed by atoms with van der Waals surface area (Å²) in [6.45, 7) is 0.433. The van der Waals surface area contributed by atoms with Crippen LogP contribution in [-0.4, -0.2) is 25.9 Å². The van der Waals surface area contributed by atoms with Crippen LogP contribution < -0.4 is 10.9 Å². The molecule has 2 aromatic heterocycles. The average Bonchev–Trinajstić information content (AvgIpc) is 3.12. The predicted octanol–water partition coefficient (Wildman–Crippen LogP) is 3.00. The minimum absolute atomic E-state index is 0.0224. The highest BCUT2D eigenvalue weighted by atomic mass is 35.5. The van der Waals surface area contributed by atoms with Crippen molar-refractivity contribution in [2.75, 3.05) is 5.32 Å². The van der Waals surface area contributed by atoms with Crippen LogP contribution in [0.25, 0.3) is 10.8 Å². The van der Waals surface area contributed by atoms with E-state index in [-0.39, 0.29) is 17.9 Å². The van der Waals surface area contributed by atoms with E-state index in [1.807, 2.05) is 30.3 Å². The maximum absolute atomic E-state index is 12.6. The van der Waals surface area contributed by atoms with Gasteiger partial charge in [0.1, 0.15) is 5.82 Å². The maximum atomic E-state index is 12.6. The summed E-state index contributed by atoms with van der Waals surface area (Å²) >= 11 is 6.21. The fourth-order valence-electron chi connectivity index (χ4n) is 3.00. The van der Waals surface area contributed by atoms with Crippen molar-refractivity contribution < 1.29 is 4.79 Å². The van der Waals surface area contributed by atoms with Gasteiger partial charge in [0.15, 0.2) is 0 Å². The number of nitrogens with zero attached hydrogens (tertiary/aromatic N) is 3. The molecular formula is C20H16ClN5O2. The van der Waals surface area contributed by atoms with Gasteiger partial charge < -0.3 is 5.32 Å². The number of carbonyl (C=O) groups is 1. The van der Waals surface area contributed by atoms with Crippen molar-refractivity contribution in [3.05, 3.63) is 87.4 Å². The highest BCUT2D eigenvalue weighted by molar-refractivity contribution is 6.31. The highest BCUT2D eigenvalue weighted by Gasteiger charge is 2.13. The number of aromatic amines is 1. The average molecular weight is 394 g/mol. The molecule has 2 N–H and O–H groups in total. The number of halogens is 1. The number of aromatic nitrogens is 4. The molecule has 0 saturated carbocycles. The van der Waals surface area contributed by atoms with Gasteiger partial charge in [-0.3, -0.25) is 9.59 Å². The second-order valence-corrected chi connectivity index (χ2v) is 6.64. The SMILES string of the molecule is O=C(Cc1n[nH]c(=O)c2ccccc12)Nc1ccnn1Cc1ccccc1Cl. The molecule has 0 radical (unpaired) electrons. The lowest BCUT2D eigenvalue weighted by atomic mass is 10.1. The lowest BCUT2D eigenvalue weighted by Crippen LogP contribution is -2.20. The molecule has 0 bridgehead atoms. The van der Waals surface area contributed by atoms with Crippen LogP contribution in [0.4, 0.5) is 5.82 Å². The Labute approximate surface area is 165 Å². The van der Waals surface area contributed by atoms with E-state index in [4.69, 9.17) is 11.6 Å². The number of fused-ring (bicyclic) bond motifs is 1. The predicted molar refractivity (Wildman–Crippen MR) is 107 cm³/mol. The van der Waals surface area contributed by atoms with Gasteiger partial charge in [0.2, 0.25) is 5.91 Å². The fraction of sp³-hybridized carbons (Fsp3) is 0.100. The second-order valence-electron chi connectivity index (χ2n) is 6.24. The Morgan fingerprint density at radius 3 is 2.64 bits per heavy atom. The Kier molecular flexibility index (Phi) is 4.90. The largest absolute Gasteiger partial charge is 0.311 e. The molecule has 0 aliphatic rings. The highest BCUT2D eigenvalue weighted by Crippen LogP contribution is 2.18. The van der Waals surface area contributed by atoms with E-state index >= 15 is 0 Å². The smallest absolute Gasteiger partial charge is 0.272 e. The standard InChI is InChI=1S/C20H16ClN5O2/c21-16-8-4-1-5-13(16)12-26-18(9-10-22-26)23-19(27)11-17-14-6-2-3-7-15(14)20(28)25-24-17/h1-10H,11-12H2,(H,23,27)(H,25,28). The van der Waals surface area contributed by atoms with E-state index in [1.54, 1.807) is 35.1 Å². The number of amides is 1. The molecule has 7 nitrogen and oxygen atoms in total. The molecule has 0 spiro atoms. The molecule has 2 aromatic carbocycles. The minimum Gasteiger partial charge on any atom is -0.311 e. The molecule has 0 unspecified atom stereocenters. The first-order valence-electron chi connectivity index (χ1n) is 8.63. The minimum atomic E-state index is -0.280. The topological polar surface area (TPSA) is 92.7 Å². The van der Waals surface area contributed by atoms with Gasteiger partial charge in [0.25, 0.3) is 5.56 Å². The van der Waals surface area contributed by atoms with E-state index in [9.17, 15) is 9.59 Å². The van der Waals surface area contributed by atoms with Gasteiger partial charge in [-0.15, -0.1) is 0 Å². The third-order valence-corrected chi connectivity index (χ3v) is 4.73. The molecule has 8 heteroatoms. The van der Waals surface area contributed by atoms with E-state index in [2.05, 4.69) is 20.6 Å². The number of hydrogen-bond acceptors (Lipinski definition) is 4. The van der Waals surface area contributed by atoms with Gasteiger partial charge in [-0.2, -0.15) is 10.2 Å². The Morgan fingerprint density at radius 2 is 1.82 bits per heavy atom. The van der Waals surface area contributed by atoms with Crippen molar-refractivity contribution in [1.29, 1.82) is 0 Å². The lowest BCUT2D eigenvalue weighted by molar-refractivity contribution is -0.115. The Balaban J connectivity index is 1.53. The third kappa shape index (κ3) is 3.65. The Bertz CT molecular complexity index is 1210. The van der Waals surface area contributed by atoms with Crippen molar-refractivity contribution in [1.82, 2.24) is 20.0 Å². The zero-order chi connectivity index (χ0) is 19.5. The van der Waals surface area contributed by atoms with Gasteiger partial charge in [0.05, 0.1) is 30.2 Å². The molecule has 2 heterocycles. The van der Waals surface area contributed by atoms with Crippen LogP contribution in [0.2, 0.25) is 5.02 Å². The van der Waals surface area contributed by atoms with Gasteiger partial charge in [-0.1, -0.05) is 48.0 Å². The number of hydrogen-bond donors (Lipinski definition) is 2. The van der Waals surface area contributed by atoms with Crippen LogP contribution in [0.5, 0.6) is 0 Å². The van der Waals surface area contributed by atoms with Crippen molar-refractivity contribution >= 4 is 34.1 Å². The molecule has 0 atom stereocenters. The van der Waals surface area contributed by atoms with Crippen molar-refractivity contribution in [3.63, 3.8) is 0 Å². The summed E-state index contributed by atoms with van der Waals surface area (Å²) in [6.07, 6.45) is 1.63. The summed E-state index contributed by atoms with van der Waals surface area (Å²) < 4.78 is 1.66. The van der Waals surface area contributed by atoms with Crippen LogP contribution in [0.1, 0.15) is 11.3 Å². The molecule has 28 heavy (non-hydrogen) atoms. The Morgan fingerprint density at radius 1 is 1.07 bits per heavy atom. The quantitative estimate of drug-likeness (QED) is 0.545. The van der Waals surface area contributed by atoms with E-state index < -0.39 is 0 Å². The summed E-state index contributed by atoms with van der Waals surface area (Å²) in [5, 5.41) is 15.4. The summed E-state index contributed by atoms with van der Waals surface area (Å²) in [4.78, 5) is 24.4. The first kappa shape index (κ1) is 17.9. The first-order chi connectivity index (χ1) is 13.6. The number of benzene rings is 2. The number of rotatable bonds is 5. The van der Waals surface area contributed by atoms with Gasteiger partial charge in [-0.25, -0.2) is 9.78 Å². The van der Waals surface area contributed by atoms with Crippen molar-refractivity contribution in [3.8, 4) is 0 Å². The zero-order valence-corrected chi connectivity index (χ0v) is 15.5. The van der Waals surface area contributed by atoms with Gasteiger partial charge in [-0.05, 0) is 17.7 Å². The van der Waals surface area contributed by atoms with Crippen LogP contribution in [0, 0.1) is 0 Å². The van der Waals surface area contributed by atoms with Crippen molar-refractivity contribution in [2.45, 2.75) is 13.0 Å². The molecular weight excluding hydrogens is 378 g/mol. The monoisotopic (exact) mass is 393 g/mol. The number of anilines is 1. The number of carbonyl (C=O) groups excluding carboxylic acids is 1. The van der Waals surface area contributed by atoms with Crippen LogP contribution in [-0.2, 0) is 17.8 Å². The third-order valence-electron chi connectivity index (χ3n) is 4.36. The summed E-state index contributed by atoms with van der Waals surface area (Å²) in [7, 11) is 0. The normalized spacial score (nSPS) is 10.9. The van der Waals surface area contributed by atoms with Crippen LogP contribution in [0.15, 0.2) is 65.6 Å². The zero-order valence-electron chi connectivity index (χ0n) is 14.7. The second kappa shape index (κ2) is 7.66. The molecule has 0 aliphatic heterocycles. The summed E-state index contributed by atoms with van der Waals surface area (Å²) in [5.74, 6) is 0.296. The van der Waals surface area contributed by atoms with E-state index in [1.165, 1.54) is 0 Å². The van der Waals surface area contributed by atoms with Crippen molar-refractivity contribution in [2.24, 2.45) is 0 Å². The Hall–Kier alpha value is -3.45. The molecule has 4 rings (SSSR count). The molecule has 0 fully saturated rings. The van der Waals surface area contributed by atoms with E-state index in [0.717, 1.165) is 5.56 Å². The van der Waals surface area contributed by atoms with Gasteiger partial charge >= 0.3 is 0 Å². The molecule has 4 aromatic rings. The van der Waals surface area contributed by atoms with Crippen LogP contribution >= 0.6 is 11.6 Å². The fourth-order valence-corrected chi connectivity index (χ4v) is 3.19. The lowest BCUT2D eigenvalue weighted by Gasteiger charge is -2.10. The van der Waals surface area contributed by atoms with E-state index in [0.29, 0.717) is 33.9 Å². The molecule has 0 aliphatic carbocycles. The van der Waals surface area contributed by atoms with Crippen LogP contribution in [0.3, 0.4) is 0 Å². The molecule has 0 saturated heterocycles. The molecule has 140 valence electrons. The number of nitrogens with one attached hydrogen (secondary N) is 2.